The third-order valence-electron chi connectivity index (χ3n) is 13.6. The van der Waals surface area contributed by atoms with Crippen molar-refractivity contribution in [2.24, 2.45) is 0 Å². The van der Waals surface area contributed by atoms with Gasteiger partial charge in [-0.1, -0.05) is 71.7 Å². The number of rotatable bonds is 12. The molecule has 5 aromatic rings. The summed E-state index contributed by atoms with van der Waals surface area (Å²) in [5, 5.41) is 39.9. The molecule has 5 aromatic carbocycles. The van der Waals surface area contributed by atoms with E-state index in [4.69, 9.17) is 23.2 Å². The van der Waals surface area contributed by atoms with E-state index < -0.39 is 68.4 Å². The van der Waals surface area contributed by atoms with Crippen LogP contribution in [0.5, 0.6) is 0 Å². The lowest BCUT2D eigenvalue weighted by molar-refractivity contribution is -0.127. The average Bonchev–Trinajstić information content (AvgIpc) is 3.46. The minimum atomic E-state index is -1.25. The number of benzene rings is 5. The van der Waals surface area contributed by atoms with E-state index in [1.165, 1.54) is 50.7 Å². The molecule has 8 rings (SSSR count). The Labute approximate surface area is 469 Å². The first-order valence-electron chi connectivity index (χ1n) is 24.4. The van der Waals surface area contributed by atoms with E-state index in [0.29, 0.717) is 49.0 Å². The van der Waals surface area contributed by atoms with Crippen LogP contribution in [0.25, 0.3) is 28.4 Å². The molecule has 3 aliphatic rings. The van der Waals surface area contributed by atoms with Crippen molar-refractivity contribution in [3.63, 3.8) is 0 Å². The number of Topliss-reactive ketones (excluding diaryl/α,β-unsaturated/α-hetero) is 6. The number of hydrogen-bond acceptors (Lipinski definition) is 13. The fourth-order valence-corrected chi connectivity index (χ4v) is 9.93. The number of amides is 3. The predicted octanol–water partition coefficient (Wildman–Crippen LogP) is 9.43. The van der Waals surface area contributed by atoms with E-state index >= 15 is 0 Å². The summed E-state index contributed by atoms with van der Waals surface area (Å²) in [6.45, 7) is 11.8. The number of nitrogens with one attached hydrogen (secondary N) is 3. The second kappa shape index (κ2) is 23.9. The molecule has 6 N–H and O–H groups in total. The van der Waals surface area contributed by atoms with Crippen molar-refractivity contribution >= 4 is 105 Å². The van der Waals surface area contributed by atoms with Crippen molar-refractivity contribution < 1.29 is 62.9 Å². The number of aliphatic hydroxyl groups is 3. The molecule has 0 saturated heterocycles. The molecule has 79 heavy (non-hydrogen) atoms. The largest absolute Gasteiger partial charge is 0.506 e. The van der Waals surface area contributed by atoms with Crippen LogP contribution >= 0.6 is 35.0 Å². The summed E-state index contributed by atoms with van der Waals surface area (Å²) in [5.74, 6) is -6.25. The first-order chi connectivity index (χ1) is 37.0. The molecule has 0 spiro atoms. The molecule has 0 aromatic heterocycles. The second-order valence-electron chi connectivity index (χ2n) is 20.1. The molecule has 0 heterocycles. The van der Waals surface area contributed by atoms with E-state index in [2.05, 4.69) is 16.0 Å². The number of halogens is 3. The zero-order chi connectivity index (χ0) is 58.6. The zero-order valence-electron chi connectivity index (χ0n) is 44.5. The molecule has 0 aliphatic heterocycles. The predicted molar refractivity (Wildman–Crippen MR) is 300 cm³/mol. The molecule has 410 valence electrons. The maximum Gasteiger partial charge on any atom is 0.259 e. The van der Waals surface area contributed by atoms with Gasteiger partial charge in [0.1, 0.15) is 57.2 Å². The summed E-state index contributed by atoms with van der Waals surface area (Å²) in [4.78, 5) is 111. The van der Waals surface area contributed by atoms with Gasteiger partial charge in [0.15, 0.2) is 17.3 Å². The minimum Gasteiger partial charge on any atom is -0.506 e. The topological polar surface area (TPSA) is 250 Å². The quantitative estimate of drug-likeness (QED) is 0.0504. The third kappa shape index (κ3) is 12.3. The molecule has 15 nitrogen and oxygen atoms in total. The number of carbonyl (C=O) groups is 9. The number of thioether (sulfide) groups is 1. The van der Waals surface area contributed by atoms with Crippen molar-refractivity contribution in [1.29, 1.82) is 0 Å². The van der Waals surface area contributed by atoms with E-state index in [-0.39, 0.29) is 65.3 Å². The second-order valence-corrected chi connectivity index (χ2v) is 21.8. The number of aliphatic hydroxyl groups excluding tert-OH is 3. The summed E-state index contributed by atoms with van der Waals surface area (Å²) in [6, 6.07) is 28.0. The first kappa shape index (κ1) is 60.2. The Kier molecular flexibility index (Phi) is 18.3. The molecule has 3 amide bonds. The van der Waals surface area contributed by atoms with Gasteiger partial charge in [-0.2, -0.15) is 0 Å². The highest BCUT2D eigenvalue weighted by Gasteiger charge is 2.48. The summed E-state index contributed by atoms with van der Waals surface area (Å²) in [7, 11) is 0. The Morgan fingerprint density at radius 2 is 0.873 bits per heavy atom. The highest BCUT2D eigenvalue weighted by molar-refractivity contribution is 7.98. The molecule has 19 heteroatoms. The summed E-state index contributed by atoms with van der Waals surface area (Å²) >= 11 is 13.6. The van der Waals surface area contributed by atoms with Crippen LogP contribution in [-0.4, -0.2) is 93.6 Å². The highest BCUT2D eigenvalue weighted by Crippen LogP contribution is 2.46. The number of carbonyl (C=O) groups excluding carboxylic acids is 9. The third-order valence-corrected chi connectivity index (χ3v) is 14.8. The van der Waals surface area contributed by atoms with Gasteiger partial charge in [-0.25, -0.2) is 4.39 Å². The molecule has 0 fully saturated rings. The number of fused-ring (bicyclic) bond motifs is 3. The number of hydrogen-bond donors (Lipinski definition) is 6. The van der Waals surface area contributed by atoms with Gasteiger partial charge < -0.3 is 31.3 Å². The molecule has 0 saturated carbocycles. The van der Waals surface area contributed by atoms with Gasteiger partial charge in [0.05, 0.1) is 35.9 Å². The Morgan fingerprint density at radius 1 is 0.494 bits per heavy atom. The molecule has 1 atom stereocenters. The van der Waals surface area contributed by atoms with Crippen LogP contribution in [0.15, 0.2) is 125 Å². The molecule has 1 unspecified atom stereocenters. The van der Waals surface area contributed by atoms with Gasteiger partial charge in [0, 0.05) is 31.6 Å². The lowest BCUT2D eigenvalue weighted by atomic mass is 9.66. The summed E-state index contributed by atoms with van der Waals surface area (Å²) in [6.07, 6.45) is 1.90. The maximum atomic E-state index is 13.4. The standard InChI is InChI=1S/C22H20FNO4.C21H17Cl2NO4.C17H19NO4S/c1-12(25)11-24-21(28)18-19(26)16-10-14(13-4-7-15(23)8-5-13)6-9-17(16)22(2,3)20(18)27;1-11(25)10-24-20(28)17-18(26)15-9-14(23)7-8-16(15)21(2,19(17)27)12-3-5-13(22)6-4-12;1-9(19)8-18-16(22)13-14(20)11-7-10(23-4)5-6-12(11)17(2,3)15(13)21/h4-10,26H,11H2,1-3H3,(H,24,28);3-9,26H,10H2,1-2H3,(H,24,28);5-7,20H,8H2,1-4H3,(H,18,22). The van der Waals surface area contributed by atoms with Crippen molar-refractivity contribution in [1.82, 2.24) is 16.0 Å². The molecule has 0 bridgehead atoms. The van der Waals surface area contributed by atoms with Gasteiger partial charge in [0.25, 0.3) is 17.7 Å². The highest BCUT2D eigenvalue weighted by atomic mass is 35.5. The van der Waals surface area contributed by atoms with Gasteiger partial charge in [-0.05, 0) is 150 Å². The SMILES string of the molecule is CC(=O)CNC(=O)C1=C(O)c2cc(-c3ccc(F)cc3)ccc2C(C)(C)C1=O.CC(=O)CNC(=O)C1=C(O)c2cc(Cl)ccc2C(C)(c2ccc(Cl)cc2)C1=O.CSc1ccc2c(c1)C(O)=C(C(=O)NCC(C)=O)C(=O)C2(C)C. The van der Waals surface area contributed by atoms with Gasteiger partial charge in [-0.3, -0.25) is 43.2 Å². The van der Waals surface area contributed by atoms with Crippen molar-refractivity contribution in [3.05, 3.63) is 175 Å². The fourth-order valence-electron chi connectivity index (χ4n) is 9.20. The van der Waals surface area contributed by atoms with E-state index in [0.717, 1.165) is 10.5 Å². The van der Waals surface area contributed by atoms with Crippen LogP contribution in [-0.2, 0) is 59.4 Å². The van der Waals surface area contributed by atoms with Gasteiger partial charge >= 0.3 is 0 Å². The average molecular weight is 1130 g/mol. The first-order valence-corrected chi connectivity index (χ1v) is 26.4. The van der Waals surface area contributed by atoms with E-state index in [1.54, 1.807) is 113 Å². The molecular weight excluding hydrogens is 1080 g/mol. The van der Waals surface area contributed by atoms with Crippen molar-refractivity contribution in [2.75, 3.05) is 25.9 Å². The van der Waals surface area contributed by atoms with Gasteiger partial charge in [0.2, 0.25) is 0 Å². The smallest absolute Gasteiger partial charge is 0.259 e. The van der Waals surface area contributed by atoms with Crippen molar-refractivity contribution in [2.45, 2.75) is 76.5 Å². The monoisotopic (exact) mass is 1130 g/mol. The maximum absolute atomic E-state index is 13.4. The Morgan fingerprint density at radius 3 is 1.32 bits per heavy atom. The van der Waals surface area contributed by atoms with Crippen LogP contribution in [0.3, 0.4) is 0 Å². The van der Waals surface area contributed by atoms with Crippen LogP contribution < -0.4 is 16.0 Å². The Hall–Kier alpha value is -7.99. The van der Waals surface area contributed by atoms with Crippen molar-refractivity contribution in [3.8, 4) is 11.1 Å². The van der Waals surface area contributed by atoms with E-state index in [1.807, 2.05) is 12.3 Å². The lowest BCUT2D eigenvalue weighted by Crippen LogP contribution is -2.44. The normalized spacial score (nSPS) is 16.7. The van der Waals surface area contributed by atoms with E-state index in [9.17, 15) is 62.9 Å². The van der Waals surface area contributed by atoms with Gasteiger partial charge in [-0.15, -0.1) is 11.8 Å². The van der Waals surface area contributed by atoms with Crippen LogP contribution in [0, 0.1) is 5.82 Å². The summed E-state index contributed by atoms with van der Waals surface area (Å²) < 4.78 is 13.2. The minimum absolute atomic E-state index is 0.180. The Balaban J connectivity index is 0.000000193. The Bertz CT molecular complexity index is 3510. The molecule has 3 aliphatic carbocycles. The van der Waals surface area contributed by atoms with Crippen LogP contribution in [0.2, 0.25) is 10.0 Å². The zero-order valence-corrected chi connectivity index (χ0v) is 46.8. The van der Waals surface area contributed by atoms with Crippen LogP contribution in [0.1, 0.15) is 94.3 Å². The fraction of sp³-hybridized carbons (Fsp3) is 0.250. The van der Waals surface area contributed by atoms with Crippen LogP contribution in [0.4, 0.5) is 4.39 Å². The number of ketones is 6. The molecular formula is C60H56Cl2FN3O12S. The summed E-state index contributed by atoms with van der Waals surface area (Å²) in [5.41, 5.74) is 0.682. The lowest BCUT2D eigenvalue weighted by Gasteiger charge is -2.35. The molecule has 0 radical (unpaired) electrons.